The van der Waals surface area contributed by atoms with E-state index in [0.29, 0.717) is 4.75 Å². The molecule has 3 heterocycles. The highest BCUT2D eigenvalue weighted by Gasteiger charge is 2.52. The van der Waals surface area contributed by atoms with Crippen LogP contribution in [0.2, 0.25) is 0 Å². The third kappa shape index (κ3) is 5.12. The van der Waals surface area contributed by atoms with Gasteiger partial charge in [0.1, 0.15) is 4.75 Å². The van der Waals surface area contributed by atoms with Gasteiger partial charge in [-0.05, 0) is 31.7 Å². The summed E-state index contributed by atoms with van der Waals surface area (Å²) in [5.41, 5.74) is 0. The van der Waals surface area contributed by atoms with Gasteiger partial charge >= 0.3 is 8.80 Å². The van der Waals surface area contributed by atoms with E-state index in [1.165, 1.54) is 0 Å². The van der Waals surface area contributed by atoms with E-state index in [0.717, 1.165) is 44.8 Å². The van der Waals surface area contributed by atoms with E-state index in [1.54, 1.807) is 0 Å². The Labute approximate surface area is 138 Å². The average molecular weight is 419 g/mol. The molecule has 19 heavy (non-hydrogen) atoms. The van der Waals surface area contributed by atoms with Crippen LogP contribution in [0.4, 0.5) is 0 Å². The van der Waals surface area contributed by atoms with Crippen LogP contribution in [-0.2, 0) is 24.2 Å². The topological polar surface area (TPSA) is 30.9 Å². The smallest absolute Gasteiger partial charge is 0.553 e. The summed E-state index contributed by atoms with van der Waals surface area (Å²) in [5, 5.41) is 0.969. The Balaban J connectivity index is 0.00000180. The van der Waals surface area contributed by atoms with Crippen molar-refractivity contribution in [1.82, 2.24) is 4.90 Å². The van der Waals surface area contributed by atoms with Gasteiger partial charge in [-0.15, -0.1) is 0 Å². The highest BCUT2D eigenvalue weighted by atomic mass is 127. The summed E-state index contributed by atoms with van der Waals surface area (Å²) < 4.78 is 18.5. The van der Waals surface area contributed by atoms with Crippen LogP contribution in [0.1, 0.15) is 20.8 Å². The molecule has 4 nitrogen and oxygen atoms in total. The first-order valence-electron chi connectivity index (χ1n) is 6.68. The average Bonchev–Trinajstić information content (AvgIpc) is 2.17. The van der Waals surface area contributed by atoms with E-state index >= 15 is 0 Å². The van der Waals surface area contributed by atoms with E-state index in [9.17, 15) is 0 Å². The van der Waals surface area contributed by atoms with Crippen molar-refractivity contribution in [2.45, 2.75) is 25.5 Å². The molecule has 0 spiro atoms. The van der Waals surface area contributed by atoms with Crippen LogP contribution in [0.3, 0.4) is 0 Å². The summed E-state index contributed by atoms with van der Waals surface area (Å²) in [6.45, 7) is 12.2. The minimum absolute atomic E-state index is 0. The first-order chi connectivity index (χ1) is 8.41. The zero-order valence-electron chi connectivity index (χ0n) is 12.4. The summed E-state index contributed by atoms with van der Waals surface area (Å²) in [6, 6.07) is 0. The standard InChI is InChI=1S/C12H26NO3SSi.HI/c1-12(2,3)17(4)11-18-14-8-5-13(6-9-15-18)7-10-16-18;/h5-11H2,1-4H3;1H/q+1;/p-1. The summed E-state index contributed by atoms with van der Waals surface area (Å²) >= 11 is 0. The minimum Gasteiger partial charge on any atom is -1.00 e. The van der Waals surface area contributed by atoms with Crippen molar-refractivity contribution in [1.29, 1.82) is 0 Å². The number of fused-ring (bicyclic) bond motifs is 6. The fraction of sp³-hybridized carbons (Fsp3) is 1.00. The maximum absolute atomic E-state index is 6.07. The van der Waals surface area contributed by atoms with Crippen LogP contribution in [0, 0.1) is 0 Å². The Bertz CT molecular complexity index is 264. The second kappa shape index (κ2) is 7.41. The summed E-state index contributed by atoms with van der Waals surface area (Å²) in [4.78, 5) is 2.35. The summed E-state index contributed by atoms with van der Waals surface area (Å²) in [5.74, 6) is 0. The lowest BCUT2D eigenvalue weighted by molar-refractivity contribution is -0.00469. The molecule has 1 atom stereocenters. The van der Waals surface area contributed by atoms with Crippen molar-refractivity contribution < 1.29 is 37.3 Å². The van der Waals surface area contributed by atoms with Gasteiger partial charge in [-0.1, -0.05) is 0 Å². The molecule has 0 aliphatic carbocycles. The zero-order chi connectivity index (χ0) is 13.2. The van der Waals surface area contributed by atoms with Gasteiger partial charge in [-0.3, -0.25) is 4.90 Å². The molecular weight excluding hydrogens is 393 g/mol. The van der Waals surface area contributed by atoms with E-state index in [4.69, 9.17) is 13.3 Å². The quantitative estimate of drug-likeness (QED) is 0.292. The molecule has 0 saturated carbocycles. The lowest BCUT2D eigenvalue weighted by atomic mass is 10.3. The fourth-order valence-corrected chi connectivity index (χ4v) is 8.37. The Morgan fingerprint density at radius 1 is 1.00 bits per heavy atom. The summed E-state index contributed by atoms with van der Waals surface area (Å²) in [7, 11) is -2.16. The van der Waals surface area contributed by atoms with Crippen LogP contribution in [0.25, 0.3) is 0 Å². The third-order valence-electron chi connectivity index (χ3n) is 3.63. The van der Waals surface area contributed by atoms with Gasteiger partial charge in [0.15, 0.2) is 5.38 Å². The van der Waals surface area contributed by atoms with Crippen molar-refractivity contribution in [3.05, 3.63) is 0 Å². The van der Waals surface area contributed by atoms with Gasteiger partial charge in [-0.25, -0.2) is 0 Å². The Morgan fingerprint density at radius 3 is 1.79 bits per heavy atom. The highest BCUT2D eigenvalue weighted by molar-refractivity contribution is 7.98. The molecule has 3 rings (SSSR count). The number of hydrogen-bond acceptors (Lipinski definition) is 4. The van der Waals surface area contributed by atoms with Crippen molar-refractivity contribution in [2.75, 3.05) is 51.1 Å². The van der Waals surface area contributed by atoms with E-state index in [-0.39, 0.29) is 34.9 Å². The van der Waals surface area contributed by atoms with Gasteiger partial charge in [0, 0.05) is 19.6 Å². The second-order valence-electron chi connectivity index (χ2n) is 5.96. The Hall–Kier alpha value is 1.14. The molecule has 2 bridgehead atoms. The summed E-state index contributed by atoms with van der Waals surface area (Å²) in [6.07, 6.45) is 2.31. The number of nitrogens with zero attached hydrogens (tertiary/aromatic N) is 1. The molecule has 0 amide bonds. The Kier molecular flexibility index (Phi) is 7.10. The fourth-order valence-electron chi connectivity index (χ4n) is 2.06. The van der Waals surface area contributed by atoms with Gasteiger partial charge in [0.2, 0.25) is 0 Å². The zero-order valence-corrected chi connectivity index (χ0v) is 16.4. The van der Waals surface area contributed by atoms with Crippen LogP contribution >= 0.6 is 0 Å². The largest absolute Gasteiger partial charge is 1.00 e. The van der Waals surface area contributed by atoms with Crippen LogP contribution < -0.4 is 24.0 Å². The Morgan fingerprint density at radius 2 is 1.42 bits per heavy atom. The molecule has 1 unspecified atom stereocenters. The highest BCUT2D eigenvalue weighted by Crippen LogP contribution is 2.24. The maximum Gasteiger partial charge on any atom is 0.553 e. The molecular formula is C12H26INO3SSi. The van der Waals surface area contributed by atoms with E-state index < -0.39 is 8.80 Å². The van der Waals surface area contributed by atoms with Crippen LogP contribution in [0.5, 0.6) is 0 Å². The van der Waals surface area contributed by atoms with Gasteiger partial charge in [0.25, 0.3) is 0 Å². The molecule has 0 N–H and O–H groups in total. The van der Waals surface area contributed by atoms with Crippen molar-refractivity contribution >= 4 is 19.7 Å². The first-order valence-corrected chi connectivity index (χ1v) is 10.4. The van der Waals surface area contributed by atoms with Crippen LogP contribution in [-0.4, -0.2) is 69.5 Å². The monoisotopic (exact) mass is 419 g/mol. The molecule has 0 aromatic carbocycles. The molecule has 0 aromatic heterocycles. The third-order valence-corrected chi connectivity index (χ3v) is 10.8. The second-order valence-corrected chi connectivity index (χ2v) is 11.8. The predicted molar refractivity (Wildman–Crippen MR) is 78.0 cm³/mol. The van der Waals surface area contributed by atoms with Gasteiger partial charge in [-0.2, -0.15) is 0 Å². The number of hydrogen-bond donors (Lipinski definition) is 0. The van der Waals surface area contributed by atoms with Gasteiger partial charge < -0.3 is 37.3 Å². The van der Waals surface area contributed by atoms with E-state index in [2.05, 4.69) is 31.9 Å². The maximum atomic E-state index is 6.07. The first kappa shape index (κ1) is 18.2. The molecule has 3 aliphatic rings. The lowest BCUT2D eigenvalue weighted by Gasteiger charge is -2.38. The molecule has 7 heteroatoms. The molecule has 3 saturated heterocycles. The van der Waals surface area contributed by atoms with E-state index in [1.807, 2.05) is 0 Å². The van der Waals surface area contributed by atoms with Gasteiger partial charge in [0.05, 0.1) is 26.1 Å². The molecule has 114 valence electrons. The van der Waals surface area contributed by atoms with Crippen molar-refractivity contribution in [3.8, 4) is 0 Å². The number of halogens is 1. The molecule has 0 aromatic rings. The minimum atomic E-state index is -2.41. The van der Waals surface area contributed by atoms with Crippen molar-refractivity contribution in [3.63, 3.8) is 0 Å². The SMILES string of the molecule is C[S+](C[Si]12OCCN(CCO1)CCO2)C(C)(C)C.[I-]. The predicted octanol–water partition coefficient (Wildman–Crippen LogP) is -2.11. The normalized spacial score (nSPS) is 33.8. The lowest BCUT2D eigenvalue weighted by Crippen LogP contribution is -3.00. The van der Waals surface area contributed by atoms with Crippen LogP contribution in [0.15, 0.2) is 0 Å². The molecule has 3 fully saturated rings. The molecule has 3 aliphatic heterocycles. The van der Waals surface area contributed by atoms with Crippen molar-refractivity contribution in [2.24, 2.45) is 0 Å². The number of rotatable bonds is 2. The molecule has 0 radical (unpaired) electrons.